The van der Waals surface area contributed by atoms with Crippen LogP contribution in [0.1, 0.15) is 38.5 Å². The molecule has 82 valence electrons. The fourth-order valence-electron chi connectivity index (χ4n) is 2.74. The zero-order chi connectivity index (χ0) is 9.97. The monoisotopic (exact) mass is 196 g/mol. The third kappa shape index (κ3) is 2.96. The second kappa shape index (κ2) is 4.63. The van der Waals surface area contributed by atoms with Gasteiger partial charge in [-0.15, -0.1) is 0 Å². The zero-order valence-electron chi connectivity index (χ0n) is 9.41. The molecule has 0 aliphatic heterocycles. The van der Waals surface area contributed by atoms with E-state index in [1.807, 2.05) is 0 Å². The van der Waals surface area contributed by atoms with E-state index in [1.165, 1.54) is 45.1 Å². The first-order chi connectivity index (χ1) is 6.75. The van der Waals surface area contributed by atoms with Gasteiger partial charge in [-0.1, -0.05) is 12.8 Å². The summed E-state index contributed by atoms with van der Waals surface area (Å²) in [6.07, 6.45) is 8.54. The normalized spacial score (nSPS) is 25.9. The predicted octanol–water partition coefficient (Wildman–Crippen LogP) is 1.85. The van der Waals surface area contributed by atoms with Crippen molar-refractivity contribution in [3.05, 3.63) is 0 Å². The van der Waals surface area contributed by atoms with Crippen LogP contribution in [0.5, 0.6) is 0 Å². The van der Waals surface area contributed by atoms with Gasteiger partial charge in [0.1, 0.15) is 0 Å². The lowest BCUT2D eigenvalue weighted by Gasteiger charge is -2.23. The first-order valence-corrected chi connectivity index (χ1v) is 6.20. The van der Waals surface area contributed by atoms with Crippen LogP contribution in [-0.4, -0.2) is 31.1 Å². The second-order valence-corrected chi connectivity index (χ2v) is 5.37. The van der Waals surface area contributed by atoms with Crippen molar-refractivity contribution in [2.24, 2.45) is 17.6 Å². The molecule has 2 saturated carbocycles. The highest BCUT2D eigenvalue weighted by Gasteiger charge is 2.29. The molecule has 2 rings (SSSR count). The summed E-state index contributed by atoms with van der Waals surface area (Å²) in [5.41, 5.74) is 6.11. The van der Waals surface area contributed by atoms with Gasteiger partial charge in [-0.3, -0.25) is 0 Å². The molecule has 0 saturated heterocycles. The average molecular weight is 196 g/mol. The fourth-order valence-corrected chi connectivity index (χ4v) is 2.74. The van der Waals surface area contributed by atoms with Gasteiger partial charge in [-0.25, -0.2) is 0 Å². The summed E-state index contributed by atoms with van der Waals surface area (Å²) in [5, 5.41) is 0. The molecule has 1 unspecified atom stereocenters. The summed E-state index contributed by atoms with van der Waals surface area (Å²) in [6.45, 7) is 2.39. The van der Waals surface area contributed by atoms with Gasteiger partial charge in [0.05, 0.1) is 0 Å². The van der Waals surface area contributed by atoms with E-state index < -0.39 is 0 Å². The first-order valence-electron chi connectivity index (χ1n) is 6.20. The van der Waals surface area contributed by atoms with Gasteiger partial charge in [0.15, 0.2) is 0 Å². The van der Waals surface area contributed by atoms with Gasteiger partial charge in [-0.05, 0) is 44.6 Å². The van der Waals surface area contributed by atoms with E-state index in [0.717, 1.165) is 18.4 Å². The lowest BCUT2D eigenvalue weighted by atomic mass is 10.1. The van der Waals surface area contributed by atoms with Crippen molar-refractivity contribution in [1.29, 1.82) is 0 Å². The molecule has 1 atom stereocenters. The minimum Gasteiger partial charge on any atom is -0.326 e. The summed E-state index contributed by atoms with van der Waals surface area (Å²) < 4.78 is 0. The molecule has 0 amide bonds. The summed E-state index contributed by atoms with van der Waals surface area (Å²) in [4.78, 5) is 2.46. The summed E-state index contributed by atoms with van der Waals surface area (Å²) in [7, 11) is 2.24. The van der Waals surface area contributed by atoms with Crippen LogP contribution >= 0.6 is 0 Å². The van der Waals surface area contributed by atoms with E-state index in [-0.39, 0.29) is 0 Å². The Balaban J connectivity index is 1.63. The van der Waals surface area contributed by atoms with Crippen LogP contribution in [0, 0.1) is 11.8 Å². The highest BCUT2D eigenvalue weighted by atomic mass is 15.1. The van der Waals surface area contributed by atoms with Gasteiger partial charge in [0, 0.05) is 19.1 Å². The fraction of sp³-hybridized carbons (Fsp3) is 1.00. The van der Waals surface area contributed by atoms with Crippen LogP contribution in [-0.2, 0) is 0 Å². The Bertz CT molecular complexity index is 167. The van der Waals surface area contributed by atoms with E-state index >= 15 is 0 Å². The van der Waals surface area contributed by atoms with Crippen LogP contribution < -0.4 is 5.73 Å². The number of nitrogens with two attached hydrogens (primary N) is 1. The van der Waals surface area contributed by atoms with Gasteiger partial charge in [0.2, 0.25) is 0 Å². The van der Waals surface area contributed by atoms with Crippen LogP contribution in [0.2, 0.25) is 0 Å². The molecule has 0 radical (unpaired) electrons. The van der Waals surface area contributed by atoms with E-state index in [9.17, 15) is 0 Å². The molecule has 0 heterocycles. The molecule has 0 aromatic rings. The van der Waals surface area contributed by atoms with E-state index in [4.69, 9.17) is 5.73 Å². The maximum absolute atomic E-state index is 6.11. The van der Waals surface area contributed by atoms with E-state index in [2.05, 4.69) is 11.9 Å². The molecule has 0 aromatic heterocycles. The quantitative estimate of drug-likeness (QED) is 0.727. The zero-order valence-corrected chi connectivity index (χ0v) is 9.41. The van der Waals surface area contributed by atoms with Crippen molar-refractivity contribution in [3.8, 4) is 0 Å². The Labute approximate surface area is 87.8 Å². The Hall–Kier alpha value is -0.0800. The van der Waals surface area contributed by atoms with E-state index in [1.54, 1.807) is 0 Å². The summed E-state index contributed by atoms with van der Waals surface area (Å²) in [6, 6.07) is 0.446. The molecular formula is C12H24N2. The van der Waals surface area contributed by atoms with Crippen molar-refractivity contribution < 1.29 is 0 Å². The van der Waals surface area contributed by atoms with E-state index in [0.29, 0.717) is 6.04 Å². The predicted molar refractivity (Wildman–Crippen MR) is 60.2 cm³/mol. The Morgan fingerprint density at radius 2 is 1.86 bits per heavy atom. The molecule has 2 fully saturated rings. The lowest BCUT2D eigenvalue weighted by Crippen LogP contribution is -2.38. The maximum Gasteiger partial charge on any atom is 0.0196 e. The highest BCUT2D eigenvalue weighted by Crippen LogP contribution is 2.32. The molecule has 2 aliphatic carbocycles. The van der Waals surface area contributed by atoms with Crippen molar-refractivity contribution in [2.75, 3.05) is 20.1 Å². The third-order valence-electron chi connectivity index (χ3n) is 3.79. The minimum atomic E-state index is 0.446. The SMILES string of the molecule is CN(CC1CCCC1)CC(N)C1CC1. The molecule has 2 aliphatic rings. The van der Waals surface area contributed by atoms with Crippen LogP contribution in [0.25, 0.3) is 0 Å². The number of likely N-dealkylation sites (N-methyl/N-ethyl adjacent to an activating group) is 1. The summed E-state index contributed by atoms with van der Waals surface area (Å²) >= 11 is 0. The Morgan fingerprint density at radius 3 is 2.43 bits per heavy atom. The average Bonchev–Trinajstić information content (AvgIpc) is 2.87. The number of nitrogens with zero attached hydrogens (tertiary/aromatic N) is 1. The number of hydrogen-bond acceptors (Lipinski definition) is 2. The van der Waals surface area contributed by atoms with Crippen molar-refractivity contribution in [2.45, 2.75) is 44.6 Å². The third-order valence-corrected chi connectivity index (χ3v) is 3.79. The standard InChI is InChI=1S/C12H24N2/c1-14(8-10-4-2-3-5-10)9-12(13)11-6-7-11/h10-12H,2-9,13H2,1H3. The van der Waals surface area contributed by atoms with Crippen LogP contribution in [0.3, 0.4) is 0 Å². The highest BCUT2D eigenvalue weighted by molar-refractivity contribution is 4.86. The molecule has 2 nitrogen and oxygen atoms in total. The molecular weight excluding hydrogens is 172 g/mol. The van der Waals surface area contributed by atoms with Crippen molar-refractivity contribution >= 4 is 0 Å². The van der Waals surface area contributed by atoms with Gasteiger partial charge in [0.25, 0.3) is 0 Å². The van der Waals surface area contributed by atoms with Gasteiger partial charge in [-0.2, -0.15) is 0 Å². The molecule has 0 bridgehead atoms. The molecule has 0 aromatic carbocycles. The molecule has 0 spiro atoms. The second-order valence-electron chi connectivity index (χ2n) is 5.37. The van der Waals surface area contributed by atoms with Gasteiger partial charge >= 0.3 is 0 Å². The molecule has 2 heteroatoms. The van der Waals surface area contributed by atoms with Crippen LogP contribution in [0.15, 0.2) is 0 Å². The first kappa shape index (κ1) is 10.4. The smallest absolute Gasteiger partial charge is 0.0196 e. The minimum absolute atomic E-state index is 0.446. The Kier molecular flexibility index (Phi) is 3.45. The molecule has 2 N–H and O–H groups in total. The lowest BCUT2D eigenvalue weighted by molar-refractivity contribution is 0.255. The number of hydrogen-bond donors (Lipinski definition) is 1. The summed E-state index contributed by atoms with van der Waals surface area (Å²) in [5.74, 6) is 1.81. The maximum atomic E-state index is 6.11. The van der Waals surface area contributed by atoms with Crippen LogP contribution in [0.4, 0.5) is 0 Å². The Morgan fingerprint density at radius 1 is 1.21 bits per heavy atom. The molecule has 14 heavy (non-hydrogen) atoms. The number of rotatable bonds is 5. The van der Waals surface area contributed by atoms with Gasteiger partial charge < -0.3 is 10.6 Å². The van der Waals surface area contributed by atoms with Crippen molar-refractivity contribution in [3.63, 3.8) is 0 Å². The largest absolute Gasteiger partial charge is 0.326 e. The topological polar surface area (TPSA) is 29.3 Å². The van der Waals surface area contributed by atoms with Crippen molar-refractivity contribution in [1.82, 2.24) is 4.90 Å².